The van der Waals surface area contributed by atoms with E-state index in [1.54, 1.807) is 12.4 Å². The van der Waals surface area contributed by atoms with Crippen molar-refractivity contribution < 1.29 is 9.15 Å². The Hall–Kier alpha value is -3.77. The van der Waals surface area contributed by atoms with E-state index in [1.165, 1.54) is 0 Å². The van der Waals surface area contributed by atoms with Crippen LogP contribution in [0.2, 0.25) is 0 Å². The van der Waals surface area contributed by atoms with Gasteiger partial charge in [-0.25, -0.2) is 9.98 Å². The van der Waals surface area contributed by atoms with E-state index in [1.807, 2.05) is 30.3 Å². The Morgan fingerprint density at radius 3 is 2.53 bits per heavy atom. The number of aromatic nitrogens is 2. The van der Waals surface area contributed by atoms with Crippen molar-refractivity contribution in [3.63, 3.8) is 0 Å². The van der Waals surface area contributed by atoms with Crippen LogP contribution in [0.4, 0.5) is 11.4 Å². The second kappa shape index (κ2) is 7.73. The lowest BCUT2D eigenvalue weighted by molar-refractivity contribution is 0.122. The summed E-state index contributed by atoms with van der Waals surface area (Å²) in [5.41, 5.74) is 5.62. The molecule has 6 nitrogen and oxygen atoms in total. The van der Waals surface area contributed by atoms with E-state index >= 15 is 0 Å². The van der Waals surface area contributed by atoms with Crippen molar-refractivity contribution in [3.05, 3.63) is 77.9 Å². The third kappa shape index (κ3) is 3.29. The number of anilines is 1. The van der Waals surface area contributed by atoms with E-state index in [0.717, 1.165) is 81.9 Å². The Balaban J connectivity index is 1.61. The Bertz CT molecular complexity index is 1470. The van der Waals surface area contributed by atoms with E-state index in [2.05, 4.69) is 41.1 Å². The number of fused-ring (bicyclic) bond motifs is 4. The molecule has 6 rings (SSSR count). The number of pyridine rings is 1. The first-order valence-electron chi connectivity index (χ1n) is 10.8. The van der Waals surface area contributed by atoms with Gasteiger partial charge in [-0.2, -0.15) is 0 Å². The highest BCUT2D eigenvalue weighted by atomic mass is 16.5. The normalized spacial score (nSPS) is 15.2. The second-order valence-electron chi connectivity index (χ2n) is 8.03. The van der Waals surface area contributed by atoms with Crippen LogP contribution >= 0.6 is 0 Å². The van der Waals surface area contributed by atoms with E-state index in [9.17, 15) is 0 Å². The van der Waals surface area contributed by atoms with Gasteiger partial charge in [0.25, 0.3) is 0 Å². The molecule has 0 saturated carbocycles. The molecule has 0 amide bonds. The molecular formula is C26H22N4O2. The van der Waals surface area contributed by atoms with Crippen molar-refractivity contribution in [1.29, 1.82) is 0 Å². The molecule has 3 aliphatic rings. The first kappa shape index (κ1) is 19.0. The average molecular weight is 422 g/mol. The smallest absolute Gasteiger partial charge is 0.155 e. The zero-order chi connectivity index (χ0) is 21.5. The number of morpholine rings is 1. The van der Waals surface area contributed by atoms with Gasteiger partial charge in [-0.1, -0.05) is 24.3 Å². The molecule has 1 aliphatic carbocycles. The van der Waals surface area contributed by atoms with Gasteiger partial charge >= 0.3 is 0 Å². The molecule has 0 N–H and O–H groups in total. The first-order valence-corrected chi connectivity index (χ1v) is 10.8. The zero-order valence-electron chi connectivity index (χ0n) is 17.8. The fourth-order valence-electron chi connectivity index (χ4n) is 4.34. The van der Waals surface area contributed by atoms with Crippen molar-refractivity contribution in [2.24, 2.45) is 4.99 Å². The maximum atomic E-state index is 6.45. The number of rotatable bonds is 2. The lowest BCUT2D eigenvalue weighted by atomic mass is 10.0. The number of benzene rings is 3. The van der Waals surface area contributed by atoms with Crippen LogP contribution in [-0.4, -0.2) is 36.3 Å². The summed E-state index contributed by atoms with van der Waals surface area (Å²) < 4.78 is 12.0. The molecule has 0 spiro atoms. The summed E-state index contributed by atoms with van der Waals surface area (Å²) in [4.78, 5) is 16.3. The van der Waals surface area contributed by atoms with Gasteiger partial charge < -0.3 is 14.1 Å². The molecule has 0 radical (unpaired) electrons. The van der Waals surface area contributed by atoms with Gasteiger partial charge in [-0.05, 0) is 30.7 Å². The quantitative estimate of drug-likeness (QED) is 0.300. The number of aryl methyl sites for hydroxylation is 1. The fraction of sp³-hybridized carbons (Fsp3) is 0.192. The van der Waals surface area contributed by atoms with Crippen LogP contribution in [-0.2, 0) is 4.74 Å². The molecule has 0 unspecified atom stereocenters. The zero-order valence-corrected chi connectivity index (χ0v) is 17.8. The minimum absolute atomic E-state index is 0.725. The van der Waals surface area contributed by atoms with Gasteiger partial charge in [-0.3, -0.25) is 4.98 Å². The Morgan fingerprint density at radius 2 is 1.72 bits per heavy atom. The largest absolute Gasteiger partial charge is 0.453 e. The van der Waals surface area contributed by atoms with E-state index in [-0.39, 0.29) is 0 Å². The lowest BCUT2D eigenvalue weighted by Crippen LogP contribution is -2.36. The minimum atomic E-state index is 0.725. The topological polar surface area (TPSA) is 63.8 Å². The van der Waals surface area contributed by atoms with Crippen LogP contribution in [0.25, 0.3) is 33.3 Å². The Kier molecular flexibility index (Phi) is 4.58. The summed E-state index contributed by atoms with van der Waals surface area (Å²) in [7, 11) is 0. The van der Waals surface area contributed by atoms with Crippen LogP contribution in [0.3, 0.4) is 0 Å². The third-order valence-electron chi connectivity index (χ3n) is 5.94. The molecule has 1 aromatic heterocycles. The van der Waals surface area contributed by atoms with Gasteiger partial charge in [0.2, 0.25) is 0 Å². The number of nitrogens with zero attached hydrogens (tertiary/aromatic N) is 4. The molecule has 3 heterocycles. The van der Waals surface area contributed by atoms with Crippen LogP contribution in [0, 0.1) is 6.92 Å². The van der Waals surface area contributed by atoms with Crippen LogP contribution in [0.15, 0.2) is 76.4 Å². The van der Waals surface area contributed by atoms with Crippen molar-refractivity contribution in [3.8, 4) is 11.5 Å². The second-order valence-corrected chi connectivity index (χ2v) is 8.03. The predicted octanol–water partition coefficient (Wildman–Crippen LogP) is 4.86. The van der Waals surface area contributed by atoms with Gasteiger partial charge in [0.1, 0.15) is 11.2 Å². The molecule has 2 aliphatic heterocycles. The molecular weight excluding hydrogens is 400 g/mol. The van der Waals surface area contributed by atoms with Crippen LogP contribution in [0.1, 0.15) is 5.56 Å². The predicted molar refractivity (Wildman–Crippen MR) is 125 cm³/mol. The maximum absolute atomic E-state index is 6.45. The number of hydrogen-bond donors (Lipinski definition) is 0. The average Bonchev–Trinajstić information content (AvgIpc) is 2.84. The third-order valence-corrected chi connectivity index (χ3v) is 5.94. The molecule has 1 fully saturated rings. The molecule has 32 heavy (non-hydrogen) atoms. The minimum Gasteiger partial charge on any atom is -0.453 e. The number of hydrogen-bond acceptors (Lipinski definition) is 6. The van der Waals surface area contributed by atoms with Crippen LogP contribution < -0.4 is 10.3 Å². The molecule has 0 atom stereocenters. The molecule has 1 saturated heterocycles. The van der Waals surface area contributed by atoms with E-state index < -0.39 is 0 Å². The van der Waals surface area contributed by atoms with Crippen LogP contribution in [0.5, 0.6) is 0 Å². The summed E-state index contributed by atoms with van der Waals surface area (Å²) >= 11 is 0. The van der Waals surface area contributed by atoms with Gasteiger partial charge in [0.15, 0.2) is 11.3 Å². The van der Waals surface area contributed by atoms with E-state index in [0.29, 0.717) is 0 Å². The van der Waals surface area contributed by atoms with Gasteiger partial charge in [-0.15, -0.1) is 0 Å². The SMILES string of the molecule is Cc1cc(N2CCOCC2)cc2oc3cc(=Nc4ccncc4)c4ccccc4c-3nc12. The van der Waals surface area contributed by atoms with Crippen molar-refractivity contribution in [1.82, 2.24) is 9.97 Å². The van der Waals surface area contributed by atoms with Gasteiger partial charge in [0.05, 0.1) is 24.3 Å². The molecule has 158 valence electrons. The summed E-state index contributed by atoms with van der Waals surface area (Å²) in [5.74, 6) is 0.725. The Labute approximate surface area is 185 Å². The van der Waals surface area contributed by atoms with Crippen molar-refractivity contribution >= 4 is 33.2 Å². The van der Waals surface area contributed by atoms with E-state index in [4.69, 9.17) is 19.1 Å². The highest BCUT2D eigenvalue weighted by Gasteiger charge is 2.18. The molecule has 3 aromatic rings. The summed E-state index contributed by atoms with van der Waals surface area (Å²) in [6, 6.07) is 18.3. The van der Waals surface area contributed by atoms with Crippen molar-refractivity contribution in [2.45, 2.75) is 6.92 Å². The Morgan fingerprint density at radius 1 is 0.938 bits per heavy atom. The van der Waals surface area contributed by atoms with Gasteiger partial charge in [0, 0.05) is 54.1 Å². The fourth-order valence-corrected chi connectivity index (χ4v) is 4.34. The lowest BCUT2D eigenvalue weighted by Gasteiger charge is -2.29. The standard InChI is InChI=1S/C26H22N4O2/c1-17-14-19(30-10-12-31-13-11-30)15-23-25(17)29-26-21-5-3-2-4-20(21)22(16-24(26)32-23)28-18-6-8-27-9-7-18/h2-9,14-16H,10-13H2,1H3. The first-order chi connectivity index (χ1) is 15.8. The maximum Gasteiger partial charge on any atom is 0.155 e. The summed E-state index contributed by atoms with van der Waals surface area (Å²) in [5, 5.41) is 2.92. The monoisotopic (exact) mass is 422 g/mol. The highest BCUT2D eigenvalue weighted by molar-refractivity contribution is 5.97. The molecule has 2 aromatic carbocycles. The molecule has 6 heteroatoms. The van der Waals surface area contributed by atoms with Crippen molar-refractivity contribution in [2.75, 3.05) is 31.2 Å². The summed E-state index contributed by atoms with van der Waals surface area (Å²) in [6.07, 6.45) is 3.49. The molecule has 0 bridgehead atoms. The number of ether oxygens (including phenoxy) is 1. The highest BCUT2D eigenvalue weighted by Crippen LogP contribution is 2.33. The summed E-state index contributed by atoms with van der Waals surface area (Å²) in [6.45, 7) is 5.35.